The van der Waals surface area contributed by atoms with Gasteiger partial charge in [-0.05, 0) is 19.4 Å². The molecule has 1 heterocycles. The van der Waals surface area contributed by atoms with Crippen LogP contribution in [0.1, 0.15) is 25.7 Å². The molecule has 0 saturated carbocycles. The van der Waals surface area contributed by atoms with Gasteiger partial charge in [-0.1, -0.05) is 6.42 Å². The van der Waals surface area contributed by atoms with E-state index in [2.05, 4.69) is 10.6 Å². The third-order valence-electron chi connectivity index (χ3n) is 2.62. The fraction of sp³-hybridized carbons (Fsp3) is 0.700. The summed E-state index contributed by atoms with van der Waals surface area (Å²) in [6.45, 7) is 0.717. The molecule has 1 aliphatic heterocycles. The van der Waals surface area contributed by atoms with E-state index in [1.54, 1.807) is 0 Å². The van der Waals surface area contributed by atoms with Crippen LogP contribution >= 0.6 is 0 Å². The first-order valence-electron chi connectivity index (χ1n) is 5.49. The van der Waals surface area contributed by atoms with Crippen LogP contribution in [0.3, 0.4) is 0 Å². The van der Waals surface area contributed by atoms with Gasteiger partial charge in [0.15, 0.2) is 0 Å². The summed E-state index contributed by atoms with van der Waals surface area (Å²) in [7, 11) is 0. The van der Waals surface area contributed by atoms with Gasteiger partial charge in [0.2, 0.25) is 5.91 Å². The van der Waals surface area contributed by atoms with Crippen molar-refractivity contribution in [3.05, 3.63) is 0 Å². The number of carboxylic acid groups (broad SMARTS) is 2. The monoisotopic (exact) mass is 244 g/mol. The number of rotatable bonds is 5. The highest BCUT2D eigenvalue weighted by molar-refractivity contribution is 5.89. The second-order valence-electron chi connectivity index (χ2n) is 4.00. The molecule has 1 saturated heterocycles. The Labute approximate surface area is 98.2 Å². The molecule has 0 aromatic rings. The lowest BCUT2D eigenvalue weighted by molar-refractivity contribution is -0.147. The Morgan fingerprint density at radius 3 is 2.47 bits per heavy atom. The normalized spacial score (nSPS) is 21.5. The van der Waals surface area contributed by atoms with E-state index in [9.17, 15) is 14.4 Å². The molecular weight excluding hydrogens is 228 g/mol. The van der Waals surface area contributed by atoms with Crippen LogP contribution in [0.4, 0.5) is 0 Å². The Kier molecular flexibility index (Phi) is 4.89. The molecule has 2 unspecified atom stereocenters. The first-order chi connectivity index (χ1) is 8.00. The molecule has 0 aromatic carbocycles. The van der Waals surface area contributed by atoms with Crippen molar-refractivity contribution >= 4 is 17.8 Å². The molecule has 0 aliphatic carbocycles. The summed E-state index contributed by atoms with van der Waals surface area (Å²) < 4.78 is 0. The number of amides is 1. The summed E-state index contributed by atoms with van der Waals surface area (Å²) >= 11 is 0. The Bertz CT molecular complexity index is 312. The van der Waals surface area contributed by atoms with Gasteiger partial charge < -0.3 is 20.8 Å². The van der Waals surface area contributed by atoms with Gasteiger partial charge in [-0.3, -0.25) is 9.59 Å². The Morgan fingerprint density at radius 1 is 1.29 bits per heavy atom. The van der Waals surface area contributed by atoms with Crippen LogP contribution in [0.15, 0.2) is 0 Å². The van der Waals surface area contributed by atoms with Gasteiger partial charge in [0.05, 0.1) is 12.5 Å². The van der Waals surface area contributed by atoms with E-state index in [4.69, 9.17) is 10.2 Å². The van der Waals surface area contributed by atoms with Gasteiger partial charge in [-0.25, -0.2) is 4.79 Å². The maximum Gasteiger partial charge on any atom is 0.326 e. The highest BCUT2D eigenvalue weighted by Gasteiger charge is 2.27. The standard InChI is InChI=1S/C10H16N2O5/c13-8(14)5-7(10(16)17)12-9(15)6-3-1-2-4-11-6/h6-7,11H,1-5H2,(H,12,15)(H,13,14)(H,16,17). The minimum absolute atomic E-state index is 0.417. The molecule has 4 N–H and O–H groups in total. The van der Waals surface area contributed by atoms with Gasteiger partial charge in [0, 0.05) is 0 Å². The predicted molar refractivity (Wildman–Crippen MR) is 57.5 cm³/mol. The van der Waals surface area contributed by atoms with Crippen LogP contribution in [0.25, 0.3) is 0 Å². The van der Waals surface area contributed by atoms with Crippen LogP contribution in [-0.4, -0.2) is 46.7 Å². The summed E-state index contributed by atoms with van der Waals surface area (Å²) in [5.74, 6) is -3.04. The van der Waals surface area contributed by atoms with E-state index in [1.807, 2.05) is 0 Å². The lowest BCUT2D eigenvalue weighted by atomic mass is 10.0. The third-order valence-corrected chi connectivity index (χ3v) is 2.62. The van der Waals surface area contributed by atoms with E-state index in [-0.39, 0.29) is 0 Å². The SMILES string of the molecule is O=C(O)CC(NC(=O)C1CCCCN1)C(=O)O. The lowest BCUT2D eigenvalue weighted by Crippen LogP contribution is -2.52. The van der Waals surface area contributed by atoms with Crippen molar-refractivity contribution < 1.29 is 24.6 Å². The zero-order valence-electron chi connectivity index (χ0n) is 9.31. The number of nitrogens with one attached hydrogen (secondary N) is 2. The van der Waals surface area contributed by atoms with E-state index in [0.717, 1.165) is 19.4 Å². The fourth-order valence-electron chi connectivity index (χ4n) is 1.72. The zero-order chi connectivity index (χ0) is 12.8. The summed E-state index contributed by atoms with van der Waals surface area (Å²) in [5, 5.41) is 22.5. The highest BCUT2D eigenvalue weighted by Crippen LogP contribution is 2.07. The van der Waals surface area contributed by atoms with E-state index in [1.165, 1.54) is 0 Å². The molecule has 96 valence electrons. The first-order valence-corrected chi connectivity index (χ1v) is 5.49. The topological polar surface area (TPSA) is 116 Å². The van der Waals surface area contributed by atoms with Crippen molar-refractivity contribution in [1.29, 1.82) is 0 Å². The van der Waals surface area contributed by atoms with Crippen LogP contribution in [-0.2, 0) is 14.4 Å². The Balaban J connectivity index is 2.50. The van der Waals surface area contributed by atoms with Crippen LogP contribution in [0.2, 0.25) is 0 Å². The van der Waals surface area contributed by atoms with E-state index in [0.29, 0.717) is 6.42 Å². The third kappa shape index (κ3) is 4.39. The number of carbonyl (C=O) groups is 3. The van der Waals surface area contributed by atoms with Crippen molar-refractivity contribution in [2.24, 2.45) is 0 Å². The van der Waals surface area contributed by atoms with Gasteiger partial charge in [-0.2, -0.15) is 0 Å². The summed E-state index contributed by atoms with van der Waals surface area (Å²) in [6.07, 6.45) is 1.92. The minimum Gasteiger partial charge on any atom is -0.481 e. The average molecular weight is 244 g/mol. The Hall–Kier alpha value is -1.63. The maximum atomic E-state index is 11.7. The van der Waals surface area contributed by atoms with Crippen LogP contribution in [0, 0.1) is 0 Å². The molecule has 1 aliphatic rings. The van der Waals surface area contributed by atoms with E-state index >= 15 is 0 Å². The van der Waals surface area contributed by atoms with E-state index < -0.39 is 36.4 Å². The molecule has 1 rings (SSSR count). The second kappa shape index (κ2) is 6.19. The number of aliphatic carboxylic acids is 2. The minimum atomic E-state index is -1.37. The zero-order valence-corrected chi connectivity index (χ0v) is 9.31. The number of piperidine rings is 1. The van der Waals surface area contributed by atoms with Crippen molar-refractivity contribution in [3.63, 3.8) is 0 Å². The van der Waals surface area contributed by atoms with Crippen molar-refractivity contribution in [2.75, 3.05) is 6.54 Å². The quantitative estimate of drug-likeness (QED) is 0.502. The smallest absolute Gasteiger partial charge is 0.326 e. The molecule has 7 heteroatoms. The van der Waals surface area contributed by atoms with Crippen LogP contribution in [0.5, 0.6) is 0 Å². The molecule has 0 bridgehead atoms. The number of hydrogen-bond donors (Lipinski definition) is 4. The largest absolute Gasteiger partial charge is 0.481 e. The Morgan fingerprint density at radius 2 is 2.00 bits per heavy atom. The molecule has 2 atom stereocenters. The number of hydrogen-bond acceptors (Lipinski definition) is 4. The van der Waals surface area contributed by atoms with Gasteiger partial charge in [0.1, 0.15) is 6.04 Å². The average Bonchev–Trinajstić information content (AvgIpc) is 2.28. The summed E-state index contributed by atoms with van der Waals surface area (Å²) in [6, 6.07) is -1.79. The fourth-order valence-corrected chi connectivity index (χ4v) is 1.72. The molecule has 1 amide bonds. The molecule has 7 nitrogen and oxygen atoms in total. The van der Waals surface area contributed by atoms with Crippen molar-refractivity contribution in [3.8, 4) is 0 Å². The molecule has 0 spiro atoms. The molecule has 0 aromatic heterocycles. The highest BCUT2D eigenvalue weighted by atomic mass is 16.4. The van der Waals surface area contributed by atoms with Gasteiger partial charge >= 0.3 is 11.9 Å². The summed E-state index contributed by atoms with van der Waals surface area (Å²) in [4.78, 5) is 32.9. The van der Waals surface area contributed by atoms with Crippen LogP contribution < -0.4 is 10.6 Å². The first kappa shape index (κ1) is 13.4. The number of carboxylic acids is 2. The molecular formula is C10H16N2O5. The molecule has 0 radical (unpaired) electrons. The van der Waals surface area contributed by atoms with Gasteiger partial charge in [0.25, 0.3) is 0 Å². The molecule has 1 fully saturated rings. The second-order valence-corrected chi connectivity index (χ2v) is 4.00. The van der Waals surface area contributed by atoms with Crippen molar-refractivity contribution in [1.82, 2.24) is 10.6 Å². The summed E-state index contributed by atoms with van der Waals surface area (Å²) in [5.41, 5.74) is 0. The van der Waals surface area contributed by atoms with Crippen molar-refractivity contribution in [2.45, 2.75) is 37.8 Å². The maximum absolute atomic E-state index is 11.7. The van der Waals surface area contributed by atoms with Gasteiger partial charge in [-0.15, -0.1) is 0 Å². The predicted octanol–water partition coefficient (Wildman–Crippen LogP) is -0.827. The molecule has 17 heavy (non-hydrogen) atoms. The number of carbonyl (C=O) groups excluding carboxylic acids is 1. The lowest BCUT2D eigenvalue weighted by Gasteiger charge is -2.24.